The Labute approximate surface area is 120 Å². The minimum absolute atomic E-state index is 0.0218. The van der Waals surface area contributed by atoms with E-state index in [4.69, 9.17) is 4.74 Å². The fraction of sp³-hybridized carbons (Fsp3) is 0.692. The second-order valence-electron chi connectivity index (χ2n) is 4.99. The molecule has 2 N–H and O–H groups in total. The molecular weight excluding hydrogens is 278 g/mol. The molecule has 2 rings (SSSR count). The van der Waals surface area contributed by atoms with E-state index < -0.39 is 10.0 Å². The van der Waals surface area contributed by atoms with Crippen LogP contribution in [0.3, 0.4) is 0 Å². The molecule has 0 saturated carbocycles. The molecule has 6 nitrogen and oxygen atoms in total. The monoisotopic (exact) mass is 301 g/mol. The number of aromatic nitrogens is 1. The predicted molar refractivity (Wildman–Crippen MR) is 77.0 cm³/mol. The lowest BCUT2D eigenvalue weighted by atomic mass is 10.1. The van der Waals surface area contributed by atoms with E-state index in [2.05, 4.69) is 10.0 Å². The number of hydrogen-bond donors (Lipinski definition) is 2. The molecule has 20 heavy (non-hydrogen) atoms. The summed E-state index contributed by atoms with van der Waals surface area (Å²) >= 11 is 0. The summed E-state index contributed by atoms with van der Waals surface area (Å²) in [5.41, 5.74) is 0.974. The Hall–Kier alpha value is -0.890. The molecule has 0 aromatic carbocycles. The Morgan fingerprint density at radius 1 is 1.40 bits per heavy atom. The van der Waals surface area contributed by atoms with E-state index in [1.807, 2.05) is 18.5 Å². The van der Waals surface area contributed by atoms with Crippen LogP contribution in [-0.4, -0.2) is 39.3 Å². The largest absolute Gasteiger partial charge is 0.381 e. The molecule has 0 aliphatic carbocycles. The fourth-order valence-electron chi connectivity index (χ4n) is 2.40. The Bertz CT molecular complexity index is 533. The minimum atomic E-state index is -3.44. The van der Waals surface area contributed by atoms with Crippen molar-refractivity contribution in [1.82, 2.24) is 14.6 Å². The molecule has 1 aliphatic rings. The fourth-order valence-corrected chi connectivity index (χ4v) is 3.77. The molecular formula is C13H23N3O3S. The molecule has 0 bridgehead atoms. The van der Waals surface area contributed by atoms with Gasteiger partial charge in [0.05, 0.1) is 4.90 Å². The van der Waals surface area contributed by atoms with Crippen LogP contribution in [0.4, 0.5) is 0 Å². The molecule has 0 amide bonds. The third kappa shape index (κ3) is 3.60. The van der Waals surface area contributed by atoms with Crippen molar-refractivity contribution < 1.29 is 13.2 Å². The molecule has 0 radical (unpaired) electrons. The van der Waals surface area contributed by atoms with Crippen molar-refractivity contribution in [1.29, 1.82) is 0 Å². The summed E-state index contributed by atoms with van der Waals surface area (Å²) in [7, 11) is -1.60. The summed E-state index contributed by atoms with van der Waals surface area (Å²) in [6.45, 7) is 4.65. The maximum atomic E-state index is 12.4. The summed E-state index contributed by atoms with van der Waals surface area (Å²) in [5.74, 6) is 0. The van der Waals surface area contributed by atoms with Crippen molar-refractivity contribution in [2.75, 3.05) is 20.3 Å². The highest BCUT2D eigenvalue weighted by molar-refractivity contribution is 7.89. The first-order valence-corrected chi connectivity index (χ1v) is 8.49. The van der Waals surface area contributed by atoms with Crippen LogP contribution in [0.1, 0.15) is 25.5 Å². The van der Waals surface area contributed by atoms with E-state index in [1.165, 1.54) is 0 Å². The van der Waals surface area contributed by atoms with Gasteiger partial charge in [0, 0.05) is 44.2 Å². The number of hydrogen-bond acceptors (Lipinski definition) is 4. The van der Waals surface area contributed by atoms with Crippen LogP contribution >= 0.6 is 0 Å². The van der Waals surface area contributed by atoms with Crippen LogP contribution in [-0.2, 0) is 27.8 Å². The standard InChI is InChI=1S/C13H23N3O3S/c1-3-16-10-13(8-12(16)9-14-2)20(17,18)15-11-4-6-19-7-5-11/h8,10-11,14-15H,3-7,9H2,1-2H3. The Morgan fingerprint density at radius 2 is 2.10 bits per heavy atom. The maximum absolute atomic E-state index is 12.4. The van der Waals surface area contributed by atoms with Gasteiger partial charge in [-0.05, 0) is 32.9 Å². The van der Waals surface area contributed by atoms with Crippen LogP contribution in [0.25, 0.3) is 0 Å². The van der Waals surface area contributed by atoms with E-state index in [-0.39, 0.29) is 6.04 Å². The maximum Gasteiger partial charge on any atom is 0.242 e. The van der Waals surface area contributed by atoms with Gasteiger partial charge < -0.3 is 14.6 Å². The predicted octanol–water partition coefficient (Wildman–Crippen LogP) is 0.685. The van der Waals surface area contributed by atoms with Crippen molar-refractivity contribution in [2.45, 2.75) is 43.8 Å². The van der Waals surface area contributed by atoms with Crippen molar-refractivity contribution in [2.24, 2.45) is 0 Å². The van der Waals surface area contributed by atoms with Crippen molar-refractivity contribution in [3.8, 4) is 0 Å². The van der Waals surface area contributed by atoms with Gasteiger partial charge in [0.2, 0.25) is 10.0 Å². The quantitative estimate of drug-likeness (QED) is 0.811. The number of sulfonamides is 1. The van der Waals surface area contributed by atoms with Crippen molar-refractivity contribution >= 4 is 10.0 Å². The van der Waals surface area contributed by atoms with Crippen LogP contribution in [0.5, 0.6) is 0 Å². The molecule has 0 unspecified atom stereocenters. The summed E-state index contributed by atoms with van der Waals surface area (Å²) in [6.07, 6.45) is 3.17. The van der Waals surface area contributed by atoms with Gasteiger partial charge in [-0.25, -0.2) is 13.1 Å². The van der Waals surface area contributed by atoms with Crippen molar-refractivity contribution in [3.63, 3.8) is 0 Å². The Morgan fingerprint density at radius 3 is 2.70 bits per heavy atom. The normalized spacial score (nSPS) is 17.5. The molecule has 1 aliphatic heterocycles. The lowest BCUT2D eigenvalue weighted by Crippen LogP contribution is -2.38. The molecule has 1 aromatic heterocycles. The van der Waals surface area contributed by atoms with Gasteiger partial charge in [0.15, 0.2) is 0 Å². The van der Waals surface area contributed by atoms with Crippen LogP contribution < -0.4 is 10.0 Å². The third-order valence-electron chi connectivity index (χ3n) is 3.51. The second-order valence-corrected chi connectivity index (χ2v) is 6.71. The topological polar surface area (TPSA) is 72.4 Å². The summed E-state index contributed by atoms with van der Waals surface area (Å²) < 4.78 is 34.8. The molecule has 7 heteroatoms. The van der Waals surface area contributed by atoms with Gasteiger partial charge in [-0.2, -0.15) is 0 Å². The van der Waals surface area contributed by atoms with E-state index in [0.29, 0.717) is 24.7 Å². The zero-order valence-corrected chi connectivity index (χ0v) is 12.9. The number of nitrogens with one attached hydrogen (secondary N) is 2. The van der Waals surface area contributed by atoms with E-state index in [1.54, 1.807) is 12.3 Å². The first-order valence-electron chi connectivity index (χ1n) is 7.00. The zero-order chi connectivity index (χ0) is 14.6. The van der Waals surface area contributed by atoms with Gasteiger partial charge in [0.25, 0.3) is 0 Å². The molecule has 1 fully saturated rings. The summed E-state index contributed by atoms with van der Waals surface area (Å²) in [5, 5.41) is 3.05. The van der Waals surface area contributed by atoms with E-state index in [9.17, 15) is 8.42 Å². The lowest BCUT2D eigenvalue weighted by Gasteiger charge is -2.22. The van der Waals surface area contributed by atoms with Gasteiger partial charge in [0.1, 0.15) is 0 Å². The number of aryl methyl sites for hydroxylation is 1. The first kappa shape index (κ1) is 15.5. The average molecular weight is 301 g/mol. The molecule has 0 spiro atoms. The molecule has 114 valence electrons. The number of rotatable bonds is 6. The second kappa shape index (κ2) is 6.71. The van der Waals surface area contributed by atoms with E-state index >= 15 is 0 Å². The third-order valence-corrected chi connectivity index (χ3v) is 5.00. The van der Waals surface area contributed by atoms with Crippen LogP contribution in [0.15, 0.2) is 17.2 Å². The highest BCUT2D eigenvalue weighted by Crippen LogP contribution is 2.17. The number of ether oxygens (including phenoxy) is 1. The molecule has 0 atom stereocenters. The van der Waals surface area contributed by atoms with E-state index in [0.717, 1.165) is 25.1 Å². The zero-order valence-electron chi connectivity index (χ0n) is 12.1. The highest BCUT2D eigenvalue weighted by Gasteiger charge is 2.23. The SMILES string of the molecule is CCn1cc(S(=O)(=O)NC2CCOCC2)cc1CNC. The lowest BCUT2D eigenvalue weighted by molar-refractivity contribution is 0.0832. The Balaban J connectivity index is 2.15. The first-order chi connectivity index (χ1) is 9.56. The average Bonchev–Trinajstić information content (AvgIpc) is 2.84. The Kier molecular flexibility index (Phi) is 5.20. The smallest absolute Gasteiger partial charge is 0.242 e. The molecule has 1 saturated heterocycles. The van der Waals surface area contributed by atoms with Crippen LogP contribution in [0.2, 0.25) is 0 Å². The number of nitrogens with zero attached hydrogens (tertiary/aromatic N) is 1. The van der Waals surface area contributed by atoms with Gasteiger partial charge in [-0.1, -0.05) is 0 Å². The van der Waals surface area contributed by atoms with Crippen molar-refractivity contribution in [3.05, 3.63) is 18.0 Å². The molecule has 2 heterocycles. The van der Waals surface area contributed by atoms with Gasteiger partial charge in [-0.3, -0.25) is 0 Å². The molecule has 1 aromatic rings. The van der Waals surface area contributed by atoms with Gasteiger partial charge in [-0.15, -0.1) is 0 Å². The highest BCUT2D eigenvalue weighted by atomic mass is 32.2. The minimum Gasteiger partial charge on any atom is -0.381 e. The summed E-state index contributed by atoms with van der Waals surface area (Å²) in [6, 6.07) is 1.72. The van der Waals surface area contributed by atoms with Gasteiger partial charge >= 0.3 is 0 Å². The van der Waals surface area contributed by atoms with Crippen LogP contribution in [0, 0.1) is 0 Å². The summed E-state index contributed by atoms with van der Waals surface area (Å²) in [4.78, 5) is 0.344.